The molecule has 0 saturated heterocycles. The first kappa shape index (κ1) is 24.3. The molecule has 0 fully saturated rings. The fourth-order valence-corrected chi connectivity index (χ4v) is 3.37. The van der Waals surface area contributed by atoms with Crippen molar-refractivity contribution in [2.45, 2.75) is 96.8 Å². The topological polar surface area (TPSA) is 41.1 Å². The molecule has 28 heavy (non-hydrogen) atoms. The lowest BCUT2D eigenvalue weighted by molar-refractivity contribution is -0.111. The smallest absolute Gasteiger partial charge is 0.248 e. The molecule has 158 valence electrons. The molecule has 0 spiro atoms. The molecular weight excluding hydrogens is 344 g/mol. The molecule has 1 aromatic rings. The van der Waals surface area contributed by atoms with Crippen molar-refractivity contribution in [1.82, 2.24) is 0 Å². The number of anilines is 2. The van der Waals surface area contributed by atoms with E-state index < -0.39 is 0 Å². The van der Waals surface area contributed by atoms with Crippen LogP contribution in [0.4, 0.5) is 11.4 Å². The zero-order valence-electron chi connectivity index (χ0n) is 18.3. The molecule has 2 N–H and O–H groups in total. The molecule has 1 rings (SSSR count). The van der Waals surface area contributed by atoms with Gasteiger partial charge in [-0.1, -0.05) is 90.0 Å². The number of unbranched alkanes of at least 4 members (excludes halogenated alkanes) is 13. The molecule has 3 nitrogen and oxygen atoms in total. The lowest BCUT2D eigenvalue weighted by Gasteiger charge is -2.04. The van der Waals surface area contributed by atoms with Gasteiger partial charge in [-0.3, -0.25) is 4.79 Å². The van der Waals surface area contributed by atoms with Crippen LogP contribution in [0, 0.1) is 0 Å². The van der Waals surface area contributed by atoms with Gasteiger partial charge in [-0.15, -0.1) is 0 Å². The summed E-state index contributed by atoms with van der Waals surface area (Å²) in [5, 5.41) is 5.95. The summed E-state index contributed by atoms with van der Waals surface area (Å²) in [7, 11) is 1.88. The first-order chi connectivity index (χ1) is 13.8. The molecular formula is C25H42N2O. The third-order valence-electron chi connectivity index (χ3n) is 5.18. The van der Waals surface area contributed by atoms with Crippen molar-refractivity contribution in [2.24, 2.45) is 0 Å². The highest BCUT2D eigenvalue weighted by molar-refractivity contribution is 5.99. The van der Waals surface area contributed by atoms with Crippen LogP contribution in [0.1, 0.15) is 96.8 Å². The summed E-state index contributed by atoms with van der Waals surface area (Å²) in [4.78, 5) is 11.9. The molecule has 0 aliphatic rings. The predicted molar refractivity (Wildman–Crippen MR) is 124 cm³/mol. The Hall–Kier alpha value is -1.77. The van der Waals surface area contributed by atoms with Crippen LogP contribution in [0.25, 0.3) is 0 Å². The van der Waals surface area contributed by atoms with E-state index in [1.54, 1.807) is 6.08 Å². The van der Waals surface area contributed by atoms with E-state index >= 15 is 0 Å². The van der Waals surface area contributed by atoms with Gasteiger partial charge in [0.25, 0.3) is 0 Å². The number of carbonyl (C=O) groups is 1. The van der Waals surface area contributed by atoms with Crippen molar-refractivity contribution in [3.05, 3.63) is 36.4 Å². The van der Waals surface area contributed by atoms with Gasteiger partial charge in [0.2, 0.25) is 5.91 Å². The fourth-order valence-electron chi connectivity index (χ4n) is 3.37. The van der Waals surface area contributed by atoms with Crippen molar-refractivity contribution in [3.8, 4) is 0 Å². The van der Waals surface area contributed by atoms with E-state index in [0.717, 1.165) is 17.8 Å². The van der Waals surface area contributed by atoms with Crippen LogP contribution >= 0.6 is 0 Å². The summed E-state index contributed by atoms with van der Waals surface area (Å²) in [6.07, 6.45) is 22.5. The number of amides is 1. The third kappa shape index (κ3) is 13.4. The second kappa shape index (κ2) is 17.3. The molecule has 0 aliphatic carbocycles. The third-order valence-corrected chi connectivity index (χ3v) is 5.18. The normalized spacial score (nSPS) is 11.1. The van der Waals surface area contributed by atoms with Crippen LogP contribution < -0.4 is 10.6 Å². The Labute approximate surface area is 173 Å². The van der Waals surface area contributed by atoms with Crippen molar-refractivity contribution >= 4 is 17.3 Å². The Kier molecular flexibility index (Phi) is 15.0. The quantitative estimate of drug-likeness (QED) is 0.213. The van der Waals surface area contributed by atoms with Crippen molar-refractivity contribution in [1.29, 1.82) is 0 Å². The fraction of sp³-hybridized carbons (Fsp3) is 0.640. The van der Waals surface area contributed by atoms with Crippen molar-refractivity contribution in [3.63, 3.8) is 0 Å². The van der Waals surface area contributed by atoms with Crippen LogP contribution in [0.5, 0.6) is 0 Å². The molecule has 0 saturated carbocycles. The molecule has 1 amide bonds. The number of nitrogens with one attached hydrogen (secondary N) is 2. The highest BCUT2D eigenvalue weighted by atomic mass is 16.1. The van der Waals surface area contributed by atoms with E-state index in [1.165, 1.54) is 83.5 Å². The van der Waals surface area contributed by atoms with E-state index in [4.69, 9.17) is 0 Å². The maximum absolute atomic E-state index is 11.9. The van der Waals surface area contributed by atoms with E-state index in [-0.39, 0.29) is 5.91 Å². The number of hydrogen-bond donors (Lipinski definition) is 2. The molecule has 0 radical (unpaired) electrons. The van der Waals surface area contributed by atoms with Gasteiger partial charge in [0.05, 0.1) is 0 Å². The number of rotatable bonds is 17. The molecule has 1 aromatic carbocycles. The van der Waals surface area contributed by atoms with Gasteiger partial charge >= 0.3 is 0 Å². The Morgan fingerprint density at radius 1 is 0.750 bits per heavy atom. The second-order valence-electron chi connectivity index (χ2n) is 7.75. The van der Waals surface area contributed by atoms with Gasteiger partial charge in [-0.05, 0) is 43.2 Å². The van der Waals surface area contributed by atoms with E-state index in [9.17, 15) is 4.79 Å². The van der Waals surface area contributed by atoms with Crippen LogP contribution in [-0.4, -0.2) is 13.0 Å². The molecule has 0 bridgehead atoms. The van der Waals surface area contributed by atoms with Crippen LogP contribution in [0.2, 0.25) is 0 Å². The summed E-state index contributed by atoms with van der Waals surface area (Å²) in [6.45, 7) is 2.28. The standard InChI is InChI=1S/C25H42N2O/c1-3-4-5-6-7-8-9-10-11-12-13-14-15-16-17-18-25(28)27-24-21-19-23(26-2)20-22-24/h17-22,26H,3-16H2,1-2H3,(H,27,28)/b18-17+. The molecule has 0 unspecified atom stereocenters. The summed E-state index contributed by atoms with van der Waals surface area (Å²) in [5.41, 5.74) is 1.87. The second-order valence-corrected chi connectivity index (χ2v) is 7.75. The zero-order chi connectivity index (χ0) is 20.3. The number of hydrogen-bond acceptors (Lipinski definition) is 2. The first-order valence-corrected chi connectivity index (χ1v) is 11.5. The van der Waals surface area contributed by atoms with Gasteiger partial charge in [0, 0.05) is 18.4 Å². The molecule has 0 atom stereocenters. The van der Waals surface area contributed by atoms with Crippen LogP contribution in [0.3, 0.4) is 0 Å². The van der Waals surface area contributed by atoms with Crippen molar-refractivity contribution < 1.29 is 4.79 Å². The van der Waals surface area contributed by atoms with Crippen LogP contribution in [-0.2, 0) is 4.79 Å². The highest BCUT2D eigenvalue weighted by Crippen LogP contribution is 2.14. The number of allylic oxidation sites excluding steroid dienone is 1. The van der Waals surface area contributed by atoms with E-state index in [2.05, 4.69) is 17.6 Å². The summed E-state index contributed by atoms with van der Waals surface area (Å²) in [5.74, 6) is -0.0492. The van der Waals surface area contributed by atoms with Gasteiger partial charge in [-0.2, -0.15) is 0 Å². The Morgan fingerprint density at radius 2 is 1.21 bits per heavy atom. The Morgan fingerprint density at radius 3 is 1.71 bits per heavy atom. The summed E-state index contributed by atoms with van der Waals surface area (Å²) >= 11 is 0. The summed E-state index contributed by atoms with van der Waals surface area (Å²) < 4.78 is 0. The van der Waals surface area contributed by atoms with Gasteiger partial charge in [0.15, 0.2) is 0 Å². The minimum Gasteiger partial charge on any atom is -0.388 e. The van der Waals surface area contributed by atoms with Crippen molar-refractivity contribution in [2.75, 3.05) is 17.7 Å². The first-order valence-electron chi connectivity index (χ1n) is 11.5. The maximum atomic E-state index is 11.9. The largest absolute Gasteiger partial charge is 0.388 e. The monoisotopic (exact) mass is 386 g/mol. The van der Waals surface area contributed by atoms with E-state index in [1.807, 2.05) is 37.4 Å². The average molecular weight is 387 g/mol. The Balaban J connectivity index is 1.90. The molecule has 0 aliphatic heterocycles. The number of carbonyl (C=O) groups excluding carboxylic acids is 1. The van der Waals surface area contributed by atoms with Gasteiger partial charge in [-0.25, -0.2) is 0 Å². The summed E-state index contributed by atoms with van der Waals surface area (Å²) in [6, 6.07) is 7.72. The predicted octanol–water partition coefficient (Wildman–Crippen LogP) is 7.70. The SMILES string of the molecule is CCCCCCCCCCCCCCC/C=C/C(=O)Nc1ccc(NC)cc1. The maximum Gasteiger partial charge on any atom is 0.248 e. The highest BCUT2D eigenvalue weighted by Gasteiger charge is 1.98. The lowest BCUT2D eigenvalue weighted by Crippen LogP contribution is -2.07. The Bertz CT molecular complexity index is 522. The average Bonchev–Trinajstić information content (AvgIpc) is 2.71. The molecule has 0 heterocycles. The minimum atomic E-state index is -0.0492. The minimum absolute atomic E-state index is 0.0492. The number of benzene rings is 1. The lowest BCUT2D eigenvalue weighted by atomic mass is 10.0. The molecule has 0 aromatic heterocycles. The molecule has 3 heteroatoms. The van der Waals surface area contributed by atoms with E-state index in [0.29, 0.717) is 0 Å². The van der Waals surface area contributed by atoms with Crippen LogP contribution in [0.15, 0.2) is 36.4 Å². The zero-order valence-corrected chi connectivity index (χ0v) is 18.3. The van der Waals surface area contributed by atoms with Gasteiger partial charge in [0.1, 0.15) is 0 Å². The van der Waals surface area contributed by atoms with Gasteiger partial charge < -0.3 is 10.6 Å².